The average molecular weight is 285 g/mol. The maximum Gasteiger partial charge on any atom is 0.288 e. The van der Waals surface area contributed by atoms with Gasteiger partial charge in [-0.2, -0.15) is 0 Å². The van der Waals surface area contributed by atoms with Crippen molar-refractivity contribution in [1.29, 1.82) is 0 Å². The lowest BCUT2D eigenvalue weighted by Crippen LogP contribution is -2.41. The van der Waals surface area contributed by atoms with Gasteiger partial charge in [0.2, 0.25) is 5.91 Å². The average Bonchev–Trinajstić information content (AvgIpc) is 2.37. The van der Waals surface area contributed by atoms with E-state index in [1.807, 2.05) is 0 Å². The van der Waals surface area contributed by atoms with E-state index < -0.39 is 40.7 Å². The van der Waals surface area contributed by atoms with Crippen LogP contribution in [-0.2, 0) is 4.79 Å². The monoisotopic (exact) mass is 285 g/mol. The van der Waals surface area contributed by atoms with Gasteiger partial charge in [0.05, 0.1) is 12.1 Å². The highest BCUT2D eigenvalue weighted by molar-refractivity contribution is 8.13. The van der Waals surface area contributed by atoms with Gasteiger partial charge in [0.15, 0.2) is 5.78 Å². The van der Waals surface area contributed by atoms with Crippen LogP contribution >= 0.6 is 11.8 Å². The van der Waals surface area contributed by atoms with Gasteiger partial charge in [-0.1, -0.05) is 11.8 Å². The van der Waals surface area contributed by atoms with E-state index in [0.717, 1.165) is 34.9 Å². The van der Waals surface area contributed by atoms with Crippen molar-refractivity contribution in [3.63, 3.8) is 0 Å². The first-order valence-corrected chi connectivity index (χ1v) is 6.43. The van der Waals surface area contributed by atoms with Crippen LogP contribution in [-0.4, -0.2) is 34.1 Å². The molecule has 0 N–H and O–H groups in total. The van der Waals surface area contributed by atoms with Crippen LogP contribution in [0.3, 0.4) is 0 Å². The van der Waals surface area contributed by atoms with Crippen LogP contribution in [0.1, 0.15) is 16.8 Å². The standard InChI is InChI=1S/C12H9F2NO3S/c13-7-1-2-9(14)8(5-7)10(16)6-15-11(17)3-4-19-12(15)18/h1-2,5H,3-4,6H2. The first-order valence-electron chi connectivity index (χ1n) is 5.44. The Balaban J connectivity index is 2.18. The summed E-state index contributed by atoms with van der Waals surface area (Å²) in [5.74, 6) is -2.54. The number of rotatable bonds is 3. The molecule has 0 aliphatic carbocycles. The van der Waals surface area contributed by atoms with E-state index >= 15 is 0 Å². The highest BCUT2D eigenvalue weighted by Gasteiger charge is 2.29. The topological polar surface area (TPSA) is 54.5 Å². The van der Waals surface area contributed by atoms with E-state index in [-0.39, 0.29) is 6.42 Å². The molecular formula is C12H9F2NO3S. The number of carbonyl (C=O) groups excluding carboxylic acids is 3. The lowest BCUT2D eigenvalue weighted by Gasteiger charge is -2.23. The molecule has 1 fully saturated rings. The first-order chi connectivity index (χ1) is 8.99. The Kier molecular flexibility index (Phi) is 3.94. The summed E-state index contributed by atoms with van der Waals surface area (Å²) in [6.45, 7) is -0.564. The molecule has 0 spiro atoms. The molecule has 19 heavy (non-hydrogen) atoms. The van der Waals surface area contributed by atoms with Gasteiger partial charge < -0.3 is 0 Å². The zero-order valence-electron chi connectivity index (χ0n) is 9.69. The minimum atomic E-state index is -0.879. The fourth-order valence-electron chi connectivity index (χ4n) is 1.63. The third-order valence-electron chi connectivity index (χ3n) is 2.59. The van der Waals surface area contributed by atoms with Crippen LogP contribution in [0.5, 0.6) is 0 Å². The molecule has 1 heterocycles. The number of nitrogens with zero attached hydrogens (tertiary/aromatic N) is 1. The van der Waals surface area contributed by atoms with Crippen molar-refractivity contribution in [2.75, 3.05) is 12.3 Å². The van der Waals surface area contributed by atoms with E-state index in [4.69, 9.17) is 0 Å². The summed E-state index contributed by atoms with van der Waals surface area (Å²) in [6, 6.07) is 2.47. The lowest BCUT2D eigenvalue weighted by atomic mass is 10.1. The zero-order chi connectivity index (χ0) is 14.0. The quantitative estimate of drug-likeness (QED) is 0.799. The summed E-state index contributed by atoms with van der Waals surface area (Å²) >= 11 is 0.921. The van der Waals surface area contributed by atoms with Crippen LogP contribution < -0.4 is 0 Å². The Labute approximate surface area is 111 Å². The van der Waals surface area contributed by atoms with Crippen molar-refractivity contribution in [3.05, 3.63) is 35.4 Å². The van der Waals surface area contributed by atoms with Gasteiger partial charge in [0, 0.05) is 12.2 Å². The normalized spacial score (nSPS) is 15.8. The van der Waals surface area contributed by atoms with Gasteiger partial charge in [-0.15, -0.1) is 0 Å². The molecule has 0 saturated carbocycles. The second kappa shape index (κ2) is 5.48. The predicted octanol–water partition coefficient (Wildman–Crippen LogP) is 2.23. The number of Topliss-reactive ketones (excluding diaryl/α,β-unsaturated/α-hetero) is 1. The molecule has 1 aliphatic rings. The van der Waals surface area contributed by atoms with Crippen molar-refractivity contribution >= 4 is 28.7 Å². The third-order valence-corrected chi connectivity index (χ3v) is 3.47. The molecule has 1 saturated heterocycles. The Morgan fingerprint density at radius 3 is 2.74 bits per heavy atom. The summed E-state index contributed by atoms with van der Waals surface area (Å²) in [6.07, 6.45) is 0.148. The second-order valence-corrected chi connectivity index (χ2v) is 4.94. The molecule has 0 aromatic heterocycles. The molecule has 1 aromatic carbocycles. The summed E-state index contributed by atoms with van der Waals surface area (Å²) in [7, 11) is 0. The molecule has 2 amide bonds. The number of hydrogen-bond donors (Lipinski definition) is 0. The summed E-state index contributed by atoms with van der Waals surface area (Å²) < 4.78 is 26.4. The summed E-state index contributed by atoms with van der Waals surface area (Å²) in [4.78, 5) is 35.5. The molecule has 4 nitrogen and oxygen atoms in total. The van der Waals surface area contributed by atoms with E-state index in [1.54, 1.807) is 0 Å². The molecule has 1 aliphatic heterocycles. The highest BCUT2D eigenvalue weighted by atomic mass is 32.2. The number of thioether (sulfide) groups is 1. The number of hydrogen-bond acceptors (Lipinski definition) is 4. The van der Waals surface area contributed by atoms with Crippen molar-refractivity contribution in [2.24, 2.45) is 0 Å². The zero-order valence-corrected chi connectivity index (χ0v) is 10.5. The van der Waals surface area contributed by atoms with Crippen LogP contribution in [0.25, 0.3) is 0 Å². The van der Waals surface area contributed by atoms with E-state index in [2.05, 4.69) is 0 Å². The molecule has 100 valence electrons. The van der Waals surface area contributed by atoms with E-state index in [0.29, 0.717) is 5.75 Å². The molecule has 0 bridgehead atoms. The number of amides is 2. The van der Waals surface area contributed by atoms with Gasteiger partial charge in [-0.3, -0.25) is 19.3 Å². The number of ketones is 1. The maximum atomic E-state index is 13.4. The fraction of sp³-hybridized carbons (Fsp3) is 0.250. The highest BCUT2D eigenvalue weighted by Crippen LogP contribution is 2.19. The summed E-state index contributed by atoms with van der Waals surface area (Å²) in [5, 5.41) is -0.540. The van der Waals surface area contributed by atoms with Gasteiger partial charge in [0.25, 0.3) is 5.24 Å². The minimum absolute atomic E-state index is 0.148. The Bertz CT molecular complexity index is 546. The third kappa shape index (κ3) is 2.98. The Morgan fingerprint density at radius 1 is 1.32 bits per heavy atom. The van der Waals surface area contributed by atoms with Gasteiger partial charge in [-0.05, 0) is 18.2 Å². The van der Waals surface area contributed by atoms with E-state index in [9.17, 15) is 23.2 Å². The van der Waals surface area contributed by atoms with Gasteiger partial charge in [0.1, 0.15) is 11.6 Å². The fourth-order valence-corrected chi connectivity index (χ4v) is 2.41. The van der Waals surface area contributed by atoms with Crippen LogP contribution in [0.4, 0.5) is 13.6 Å². The van der Waals surface area contributed by atoms with Gasteiger partial charge >= 0.3 is 0 Å². The van der Waals surface area contributed by atoms with Crippen molar-refractivity contribution in [2.45, 2.75) is 6.42 Å². The molecular weight excluding hydrogens is 276 g/mol. The number of benzene rings is 1. The molecule has 0 radical (unpaired) electrons. The minimum Gasteiger partial charge on any atom is -0.292 e. The van der Waals surface area contributed by atoms with Crippen LogP contribution in [0.15, 0.2) is 18.2 Å². The number of carbonyl (C=O) groups is 3. The van der Waals surface area contributed by atoms with Crippen molar-refractivity contribution in [3.8, 4) is 0 Å². The van der Waals surface area contributed by atoms with E-state index in [1.165, 1.54) is 0 Å². The maximum absolute atomic E-state index is 13.4. The Morgan fingerprint density at radius 2 is 2.05 bits per heavy atom. The van der Waals surface area contributed by atoms with Gasteiger partial charge in [-0.25, -0.2) is 8.78 Å². The molecule has 2 rings (SSSR count). The van der Waals surface area contributed by atoms with Crippen molar-refractivity contribution < 1.29 is 23.2 Å². The Hall–Kier alpha value is -1.76. The molecule has 0 atom stereocenters. The molecule has 1 aromatic rings. The lowest BCUT2D eigenvalue weighted by molar-refractivity contribution is -0.127. The van der Waals surface area contributed by atoms with Crippen LogP contribution in [0, 0.1) is 11.6 Å². The predicted molar refractivity (Wildman–Crippen MR) is 64.9 cm³/mol. The number of imide groups is 1. The first kappa shape index (κ1) is 13.7. The summed E-state index contributed by atoms with van der Waals surface area (Å²) in [5.41, 5.74) is -0.462. The second-order valence-electron chi connectivity index (χ2n) is 3.89. The largest absolute Gasteiger partial charge is 0.292 e. The van der Waals surface area contributed by atoms with Crippen LogP contribution in [0.2, 0.25) is 0 Å². The van der Waals surface area contributed by atoms with Crippen molar-refractivity contribution in [1.82, 2.24) is 4.90 Å². The number of halogens is 2. The SMILES string of the molecule is O=C(CN1C(=O)CCSC1=O)c1cc(F)ccc1F. The molecule has 0 unspecified atom stereocenters. The smallest absolute Gasteiger partial charge is 0.288 e. The molecule has 7 heteroatoms.